The number of carbonyl (C=O) groups is 1. The Morgan fingerprint density at radius 1 is 1.27 bits per heavy atom. The van der Waals surface area contributed by atoms with Gasteiger partial charge < -0.3 is 11.1 Å². The van der Waals surface area contributed by atoms with Crippen LogP contribution in [0.25, 0.3) is 0 Å². The second-order valence-electron chi connectivity index (χ2n) is 5.24. The van der Waals surface area contributed by atoms with Gasteiger partial charge in [-0.05, 0) is 37.5 Å². The van der Waals surface area contributed by atoms with E-state index in [9.17, 15) is 4.79 Å². The molecule has 1 rings (SSSR count). The van der Waals surface area contributed by atoms with Crippen molar-refractivity contribution in [2.45, 2.75) is 58.5 Å². The molecule has 0 aromatic carbocycles. The minimum atomic E-state index is -0.357. The zero-order valence-electron chi connectivity index (χ0n) is 10.1. The lowest BCUT2D eigenvalue weighted by Gasteiger charge is -2.28. The van der Waals surface area contributed by atoms with E-state index in [-0.39, 0.29) is 17.9 Å². The molecule has 3 nitrogen and oxygen atoms in total. The van der Waals surface area contributed by atoms with Crippen LogP contribution in [0, 0.1) is 11.8 Å². The van der Waals surface area contributed by atoms with E-state index < -0.39 is 0 Å². The molecule has 0 spiro atoms. The number of hydrogen-bond donors (Lipinski definition) is 2. The molecule has 1 aliphatic carbocycles. The molecule has 0 aromatic rings. The quantitative estimate of drug-likeness (QED) is 0.747. The number of amides is 1. The van der Waals surface area contributed by atoms with Gasteiger partial charge in [-0.1, -0.05) is 20.8 Å². The molecule has 3 heteroatoms. The zero-order valence-corrected chi connectivity index (χ0v) is 10.1. The first-order valence-corrected chi connectivity index (χ1v) is 6.06. The lowest BCUT2D eigenvalue weighted by molar-refractivity contribution is -0.124. The molecule has 0 radical (unpaired) electrons. The van der Waals surface area contributed by atoms with Crippen molar-refractivity contribution in [2.75, 3.05) is 0 Å². The molecule has 3 N–H and O–H groups in total. The minimum Gasteiger partial charge on any atom is -0.352 e. The van der Waals surface area contributed by atoms with E-state index in [1.165, 1.54) is 12.8 Å². The van der Waals surface area contributed by atoms with Crippen LogP contribution in [0.4, 0.5) is 0 Å². The fourth-order valence-electron chi connectivity index (χ4n) is 2.00. The Kier molecular flexibility index (Phi) is 4.58. The Bertz CT molecular complexity index is 208. The molecular weight excluding hydrogens is 188 g/mol. The predicted octanol–water partition coefficient (Wildman–Crippen LogP) is 1.66. The Morgan fingerprint density at radius 3 is 2.27 bits per heavy atom. The largest absolute Gasteiger partial charge is 0.352 e. The highest BCUT2D eigenvalue weighted by Gasteiger charge is 2.23. The van der Waals surface area contributed by atoms with Crippen LogP contribution >= 0.6 is 0 Å². The Morgan fingerprint density at radius 2 is 1.80 bits per heavy atom. The van der Waals surface area contributed by atoms with Crippen LogP contribution in [0.3, 0.4) is 0 Å². The summed E-state index contributed by atoms with van der Waals surface area (Å²) in [6.45, 7) is 6.23. The first-order chi connectivity index (χ1) is 7.00. The summed E-state index contributed by atoms with van der Waals surface area (Å²) in [4.78, 5) is 11.7. The molecule has 88 valence electrons. The summed E-state index contributed by atoms with van der Waals surface area (Å²) in [5, 5.41) is 3.06. The molecule has 0 unspecified atom stereocenters. The van der Waals surface area contributed by atoms with Gasteiger partial charge in [-0.15, -0.1) is 0 Å². The third-order valence-electron chi connectivity index (χ3n) is 3.38. The second-order valence-corrected chi connectivity index (χ2v) is 5.24. The van der Waals surface area contributed by atoms with Crippen LogP contribution in [0.1, 0.15) is 46.5 Å². The maximum atomic E-state index is 11.7. The lowest BCUT2D eigenvalue weighted by atomic mass is 9.87. The molecule has 0 saturated heterocycles. The number of nitrogens with two attached hydrogens (primary N) is 1. The Balaban J connectivity index is 2.32. The van der Waals surface area contributed by atoms with Crippen molar-refractivity contribution in [1.82, 2.24) is 5.32 Å². The van der Waals surface area contributed by atoms with Gasteiger partial charge in [0.15, 0.2) is 0 Å². The smallest absolute Gasteiger partial charge is 0.237 e. The average Bonchev–Trinajstić information content (AvgIpc) is 2.20. The van der Waals surface area contributed by atoms with Gasteiger partial charge in [0.2, 0.25) is 5.91 Å². The van der Waals surface area contributed by atoms with Gasteiger partial charge in [0.25, 0.3) is 0 Å². The third-order valence-corrected chi connectivity index (χ3v) is 3.38. The van der Waals surface area contributed by atoms with E-state index in [1.54, 1.807) is 0 Å². The molecule has 0 aliphatic heterocycles. The topological polar surface area (TPSA) is 55.1 Å². The first-order valence-electron chi connectivity index (χ1n) is 6.06. The van der Waals surface area contributed by atoms with E-state index in [4.69, 9.17) is 5.73 Å². The normalized spacial score (nSPS) is 28.9. The summed E-state index contributed by atoms with van der Waals surface area (Å²) in [6.07, 6.45) is 4.67. The molecule has 15 heavy (non-hydrogen) atoms. The van der Waals surface area contributed by atoms with Gasteiger partial charge >= 0.3 is 0 Å². The van der Waals surface area contributed by atoms with Gasteiger partial charge in [0, 0.05) is 6.04 Å². The summed E-state index contributed by atoms with van der Waals surface area (Å²) in [6, 6.07) is 0.00264. The third kappa shape index (κ3) is 3.82. The summed E-state index contributed by atoms with van der Waals surface area (Å²) in [5.74, 6) is 1.05. The van der Waals surface area contributed by atoms with Crippen molar-refractivity contribution in [3.8, 4) is 0 Å². The highest BCUT2D eigenvalue weighted by molar-refractivity contribution is 5.82. The van der Waals surface area contributed by atoms with E-state index >= 15 is 0 Å². The van der Waals surface area contributed by atoms with E-state index in [2.05, 4.69) is 12.2 Å². The molecule has 1 fully saturated rings. The van der Waals surface area contributed by atoms with Gasteiger partial charge in [0.05, 0.1) is 6.04 Å². The summed E-state index contributed by atoms with van der Waals surface area (Å²) < 4.78 is 0. The maximum Gasteiger partial charge on any atom is 0.237 e. The van der Waals surface area contributed by atoms with Gasteiger partial charge in [0.1, 0.15) is 0 Å². The zero-order chi connectivity index (χ0) is 11.4. The molecule has 0 aromatic heterocycles. The highest BCUT2D eigenvalue weighted by Crippen LogP contribution is 2.23. The van der Waals surface area contributed by atoms with Crippen LogP contribution in [0.5, 0.6) is 0 Å². The monoisotopic (exact) mass is 212 g/mol. The standard InChI is InChI=1S/C12H24N2O/c1-8(2)11(13)12(15)14-10-6-4-9(3)5-7-10/h8-11H,4-7,13H2,1-3H3,(H,14,15)/t9?,10?,11-/m1/s1. The fourth-order valence-corrected chi connectivity index (χ4v) is 2.00. The van der Waals surface area contributed by atoms with Crippen molar-refractivity contribution >= 4 is 5.91 Å². The molecule has 1 aliphatic rings. The molecule has 1 atom stereocenters. The van der Waals surface area contributed by atoms with E-state index in [1.807, 2.05) is 13.8 Å². The first kappa shape index (κ1) is 12.5. The summed E-state index contributed by atoms with van der Waals surface area (Å²) in [5.41, 5.74) is 5.79. The fraction of sp³-hybridized carbons (Fsp3) is 0.917. The second kappa shape index (κ2) is 5.50. The molecule has 0 bridgehead atoms. The van der Waals surface area contributed by atoms with Crippen LogP contribution in [-0.2, 0) is 4.79 Å². The molecule has 1 amide bonds. The highest BCUT2D eigenvalue weighted by atomic mass is 16.2. The van der Waals surface area contributed by atoms with Crippen molar-refractivity contribution in [3.63, 3.8) is 0 Å². The average molecular weight is 212 g/mol. The SMILES string of the molecule is CC1CCC(NC(=O)[C@H](N)C(C)C)CC1. The van der Waals surface area contributed by atoms with Gasteiger partial charge in [-0.2, -0.15) is 0 Å². The van der Waals surface area contributed by atoms with Crippen LogP contribution in [0.2, 0.25) is 0 Å². The maximum absolute atomic E-state index is 11.7. The Hall–Kier alpha value is -0.570. The van der Waals surface area contributed by atoms with Gasteiger partial charge in [-0.3, -0.25) is 4.79 Å². The molecule has 0 heterocycles. The van der Waals surface area contributed by atoms with Crippen molar-refractivity contribution in [1.29, 1.82) is 0 Å². The van der Waals surface area contributed by atoms with Gasteiger partial charge in [-0.25, -0.2) is 0 Å². The summed E-state index contributed by atoms with van der Waals surface area (Å²) in [7, 11) is 0. The van der Waals surface area contributed by atoms with Crippen LogP contribution in [-0.4, -0.2) is 18.0 Å². The number of rotatable bonds is 3. The lowest BCUT2D eigenvalue weighted by Crippen LogP contribution is -2.48. The van der Waals surface area contributed by atoms with Crippen LogP contribution < -0.4 is 11.1 Å². The van der Waals surface area contributed by atoms with E-state index in [0.29, 0.717) is 6.04 Å². The van der Waals surface area contributed by atoms with Crippen molar-refractivity contribution in [2.24, 2.45) is 17.6 Å². The molecule has 1 saturated carbocycles. The van der Waals surface area contributed by atoms with E-state index in [0.717, 1.165) is 18.8 Å². The number of nitrogens with one attached hydrogen (secondary N) is 1. The number of hydrogen-bond acceptors (Lipinski definition) is 2. The van der Waals surface area contributed by atoms with Crippen molar-refractivity contribution in [3.05, 3.63) is 0 Å². The van der Waals surface area contributed by atoms with Crippen LogP contribution in [0.15, 0.2) is 0 Å². The van der Waals surface area contributed by atoms with Crippen molar-refractivity contribution < 1.29 is 4.79 Å². The number of carbonyl (C=O) groups excluding carboxylic acids is 1. The molecular formula is C12H24N2O. The predicted molar refractivity (Wildman–Crippen MR) is 62.4 cm³/mol. The summed E-state index contributed by atoms with van der Waals surface area (Å²) >= 11 is 0. The Labute approximate surface area is 92.8 Å². The minimum absolute atomic E-state index is 0.0181.